The van der Waals surface area contributed by atoms with Crippen LogP contribution in [0.4, 0.5) is 0 Å². The zero-order valence-electron chi connectivity index (χ0n) is 11.2. The van der Waals surface area contributed by atoms with Crippen LogP contribution >= 0.6 is 0 Å². The number of esters is 1. The molecule has 0 aliphatic rings. The van der Waals surface area contributed by atoms with Gasteiger partial charge in [0.1, 0.15) is 0 Å². The van der Waals surface area contributed by atoms with Gasteiger partial charge in [0.05, 0.1) is 12.7 Å². The van der Waals surface area contributed by atoms with Gasteiger partial charge in [0, 0.05) is 17.4 Å². The van der Waals surface area contributed by atoms with E-state index < -0.39 is 22.7 Å². The molecule has 0 N–H and O–H groups in total. The molecule has 0 amide bonds. The number of ketones is 1. The first-order valence-corrected chi connectivity index (χ1v) is 5.66. The first kappa shape index (κ1) is 14.8. The van der Waals surface area contributed by atoms with Crippen molar-refractivity contribution in [2.75, 3.05) is 7.11 Å². The van der Waals surface area contributed by atoms with Crippen molar-refractivity contribution in [2.24, 2.45) is 0 Å². The van der Waals surface area contributed by atoms with Gasteiger partial charge in [0.15, 0.2) is 0 Å². The Morgan fingerprint density at radius 1 is 1.21 bits per heavy atom. The lowest BCUT2D eigenvalue weighted by Crippen LogP contribution is -2.28. The van der Waals surface area contributed by atoms with E-state index in [9.17, 15) is 19.7 Å². The predicted octanol–water partition coefficient (Wildman–Crippen LogP) is 1.94. The Morgan fingerprint density at radius 2 is 1.68 bits per heavy atom. The fourth-order valence-electron chi connectivity index (χ4n) is 1.62. The van der Waals surface area contributed by atoms with Gasteiger partial charge < -0.3 is 4.74 Å². The van der Waals surface area contributed by atoms with Gasteiger partial charge in [-0.2, -0.15) is 0 Å². The Bertz CT molecular complexity index is 550. The fourth-order valence-corrected chi connectivity index (χ4v) is 1.62. The molecule has 1 aromatic rings. The maximum absolute atomic E-state index is 12.0. The molecule has 1 atom stereocenters. The summed E-state index contributed by atoms with van der Waals surface area (Å²) in [7, 11) is 1.20. The molecule has 1 rings (SSSR count). The predicted molar refractivity (Wildman–Crippen MR) is 68.0 cm³/mol. The Morgan fingerprint density at radius 3 is 2.11 bits per heavy atom. The van der Waals surface area contributed by atoms with E-state index in [-0.39, 0.29) is 11.1 Å². The molecule has 0 aromatic heterocycles. The van der Waals surface area contributed by atoms with E-state index in [1.54, 1.807) is 13.8 Å². The van der Waals surface area contributed by atoms with Crippen molar-refractivity contribution in [3.8, 4) is 0 Å². The third-order valence-electron chi connectivity index (χ3n) is 3.00. The molecule has 1 aromatic carbocycles. The minimum Gasteiger partial charge on any atom is -0.465 e. The largest absolute Gasteiger partial charge is 0.465 e. The van der Waals surface area contributed by atoms with E-state index >= 15 is 0 Å². The van der Waals surface area contributed by atoms with Crippen LogP contribution in [-0.4, -0.2) is 29.8 Å². The smallest absolute Gasteiger partial charge is 0.338 e. The molecule has 0 aliphatic carbocycles. The van der Waals surface area contributed by atoms with E-state index in [4.69, 9.17) is 0 Å². The van der Waals surface area contributed by atoms with Gasteiger partial charge in [0.2, 0.25) is 5.78 Å². The summed E-state index contributed by atoms with van der Waals surface area (Å²) in [5, 5.41) is 10.7. The number of aryl methyl sites for hydroxylation is 2. The van der Waals surface area contributed by atoms with Crippen LogP contribution < -0.4 is 0 Å². The van der Waals surface area contributed by atoms with Crippen LogP contribution in [0, 0.1) is 24.0 Å². The van der Waals surface area contributed by atoms with Crippen LogP contribution in [-0.2, 0) is 4.74 Å². The SMILES string of the molecule is COC(=O)c1cc(C)c(C)cc1C(=O)[C@@H](C)[N+](=O)[O-]. The monoisotopic (exact) mass is 265 g/mol. The molecule has 0 spiro atoms. The molecule has 0 aliphatic heterocycles. The number of Topliss-reactive ketones (excluding diaryl/α,β-unsaturated/α-hetero) is 1. The molecule has 0 saturated heterocycles. The summed E-state index contributed by atoms with van der Waals surface area (Å²) in [5.41, 5.74) is 1.68. The van der Waals surface area contributed by atoms with E-state index in [1.807, 2.05) is 0 Å². The number of nitrogens with zero attached hydrogens (tertiary/aromatic N) is 1. The van der Waals surface area contributed by atoms with E-state index in [0.717, 1.165) is 11.1 Å². The average Bonchev–Trinajstić information content (AvgIpc) is 2.38. The number of hydrogen-bond donors (Lipinski definition) is 0. The second-order valence-electron chi connectivity index (χ2n) is 4.30. The van der Waals surface area contributed by atoms with Gasteiger partial charge in [-0.1, -0.05) is 0 Å². The first-order chi connectivity index (χ1) is 8.79. The average molecular weight is 265 g/mol. The molecule has 0 saturated carbocycles. The van der Waals surface area contributed by atoms with E-state index in [0.29, 0.717) is 0 Å². The van der Waals surface area contributed by atoms with Crippen molar-refractivity contribution in [1.29, 1.82) is 0 Å². The summed E-state index contributed by atoms with van der Waals surface area (Å²) >= 11 is 0. The number of nitro groups is 1. The van der Waals surface area contributed by atoms with Crippen LogP contribution in [0.1, 0.15) is 38.8 Å². The Balaban J connectivity index is 3.40. The number of hydrogen-bond acceptors (Lipinski definition) is 5. The Labute approximate surface area is 110 Å². The number of ether oxygens (including phenoxy) is 1. The minimum absolute atomic E-state index is 0.0270. The molecule has 0 bridgehead atoms. The van der Waals surface area contributed by atoms with Crippen molar-refractivity contribution in [3.05, 3.63) is 44.5 Å². The number of benzene rings is 1. The Hall–Kier alpha value is -2.24. The quantitative estimate of drug-likeness (QED) is 0.359. The van der Waals surface area contributed by atoms with Crippen molar-refractivity contribution in [2.45, 2.75) is 26.8 Å². The summed E-state index contributed by atoms with van der Waals surface area (Å²) in [6, 6.07) is 1.61. The Kier molecular flexibility index (Phi) is 4.37. The summed E-state index contributed by atoms with van der Waals surface area (Å²) in [6.07, 6.45) is 0. The van der Waals surface area contributed by atoms with Crippen LogP contribution in [0.2, 0.25) is 0 Å². The van der Waals surface area contributed by atoms with Crippen molar-refractivity contribution < 1.29 is 19.2 Å². The maximum Gasteiger partial charge on any atom is 0.338 e. The van der Waals surface area contributed by atoms with Crippen molar-refractivity contribution >= 4 is 11.8 Å². The van der Waals surface area contributed by atoms with Gasteiger partial charge in [-0.05, 0) is 37.1 Å². The molecule has 102 valence electrons. The number of rotatable bonds is 4. The number of carbonyl (C=O) groups excluding carboxylic acids is 2. The lowest BCUT2D eigenvalue weighted by Gasteiger charge is -2.11. The normalized spacial score (nSPS) is 11.8. The third-order valence-corrected chi connectivity index (χ3v) is 3.00. The highest BCUT2D eigenvalue weighted by Crippen LogP contribution is 2.19. The van der Waals surface area contributed by atoms with Gasteiger partial charge >= 0.3 is 5.97 Å². The summed E-state index contributed by atoms with van der Waals surface area (Å²) in [5.74, 6) is -1.38. The van der Waals surface area contributed by atoms with Crippen molar-refractivity contribution in [3.63, 3.8) is 0 Å². The molecule has 19 heavy (non-hydrogen) atoms. The topological polar surface area (TPSA) is 86.5 Å². The zero-order valence-corrected chi connectivity index (χ0v) is 11.2. The number of carbonyl (C=O) groups is 2. The lowest BCUT2D eigenvalue weighted by molar-refractivity contribution is -0.500. The third kappa shape index (κ3) is 2.96. The summed E-state index contributed by atoms with van der Waals surface area (Å²) < 4.78 is 4.60. The van der Waals surface area contributed by atoms with Crippen LogP contribution in [0.15, 0.2) is 12.1 Å². The molecule has 0 heterocycles. The van der Waals surface area contributed by atoms with Gasteiger partial charge in [-0.15, -0.1) is 0 Å². The highest BCUT2D eigenvalue weighted by molar-refractivity contribution is 6.08. The maximum atomic E-state index is 12.0. The molecule has 6 heteroatoms. The molecule has 0 radical (unpaired) electrons. The lowest BCUT2D eigenvalue weighted by atomic mass is 9.95. The molecule has 6 nitrogen and oxygen atoms in total. The van der Waals surface area contributed by atoms with E-state index in [1.165, 1.54) is 26.2 Å². The van der Waals surface area contributed by atoms with Crippen molar-refractivity contribution in [1.82, 2.24) is 0 Å². The van der Waals surface area contributed by atoms with Crippen LogP contribution in [0.3, 0.4) is 0 Å². The molecule has 0 fully saturated rings. The zero-order chi connectivity index (χ0) is 14.7. The van der Waals surface area contributed by atoms with E-state index in [2.05, 4.69) is 4.74 Å². The highest BCUT2D eigenvalue weighted by Gasteiger charge is 2.29. The van der Waals surface area contributed by atoms with Gasteiger partial charge in [0.25, 0.3) is 6.04 Å². The standard InChI is InChI=1S/C13H15NO5/c1-7-5-10(12(15)9(3)14(17)18)11(6-8(7)2)13(16)19-4/h5-6,9H,1-4H3/t9-/m1/s1. The number of methoxy groups -OCH3 is 1. The molecular weight excluding hydrogens is 250 g/mol. The van der Waals surface area contributed by atoms with Crippen LogP contribution in [0.5, 0.6) is 0 Å². The second kappa shape index (κ2) is 5.60. The summed E-state index contributed by atoms with van der Waals surface area (Å²) in [6.45, 7) is 4.75. The fraction of sp³-hybridized carbons (Fsp3) is 0.385. The second-order valence-corrected chi connectivity index (χ2v) is 4.30. The molecule has 0 unspecified atom stereocenters. The molecular formula is C13H15NO5. The first-order valence-electron chi connectivity index (χ1n) is 5.66. The van der Waals surface area contributed by atoms with Gasteiger partial charge in [-0.3, -0.25) is 14.9 Å². The minimum atomic E-state index is -1.40. The summed E-state index contributed by atoms with van der Waals surface area (Å²) in [4.78, 5) is 33.7. The van der Waals surface area contributed by atoms with Crippen LogP contribution in [0.25, 0.3) is 0 Å². The van der Waals surface area contributed by atoms with Gasteiger partial charge in [-0.25, -0.2) is 4.79 Å². The highest BCUT2D eigenvalue weighted by atomic mass is 16.6.